The topological polar surface area (TPSA) is 49.8 Å². The van der Waals surface area contributed by atoms with Gasteiger partial charge in [0.15, 0.2) is 0 Å². The van der Waals surface area contributed by atoms with Gasteiger partial charge in [-0.15, -0.1) is 0 Å². The Morgan fingerprint density at radius 2 is 2.30 bits per heavy atom. The van der Waals surface area contributed by atoms with Crippen LogP contribution < -0.4 is 4.74 Å². The summed E-state index contributed by atoms with van der Waals surface area (Å²) in [5.41, 5.74) is 0.638. The van der Waals surface area contributed by atoms with Gasteiger partial charge in [-0.1, -0.05) is 13.0 Å². The summed E-state index contributed by atoms with van der Waals surface area (Å²) in [6.45, 7) is 3.47. The first-order valence-corrected chi connectivity index (χ1v) is 7.41. The molecule has 1 heterocycles. The van der Waals surface area contributed by atoms with Crippen molar-refractivity contribution < 1.29 is 14.6 Å². The van der Waals surface area contributed by atoms with Crippen molar-refractivity contribution in [1.29, 1.82) is 0 Å². The lowest BCUT2D eigenvalue weighted by Crippen LogP contribution is -2.45. The van der Waals surface area contributed by atoms with Gasteiger partial charge in [-0.05, 0) is 43.9 Å². The van der Waals surface area contributed by atoms with Crippen LogP contribution in [0.25, 0.3) is 0 Å². The maximum absolute atomic E-state index is 12.6. The minimum absolute atomic E-state index is 0.00861. The molecule has 0 bridgehead atoms. The molecule has 20 heavy (non-hydrogen) atoms. The van der Waals surface area contributed by atoms with Gasteiger partial charge < -0.3 is 14.7 Å². The third-order valence-electron chi connectivity index (χ3n) is 3.65. The van der Waals surface area contributed by atoms with E-state index in [0.29, 0.717) is 12.2 Å². The molecule has 0 aromatic heterocycles. The summed E-state index contributed by atoms with van der Waals surface area (Å²) in [5, 5.41) is 9.41. The number of rotatable bonds is 5. The van der Waals surface area contributed by atoms with Crippen molar-refractivity contribution in [2.24, 2.45) is 0 Å². The van der Waals surface area contributed by atoms with Crippen LogP contribution in [0.3, 0.4) is 0 Å². The molecule has 0 saturated carbocycles. The number of ether oxygens (including phenoxy) is 1. The molecule has 0 aliphatic carbocycles. The molecule has 0 spiro atoms. The minimum atomic E-state index is -0.0449. The van der Waals surface area contributed by atoms with Gasteiger partial charge in [0.2, 0.25) is 0 Å². The van der Waals surface area contributed by atoms with Crippen molar-refractivity contribution in [3.8, 4) is 5.75 Å². The van der Waals surface area contributed by atoms with E-state index in [1.54, 1.807) is 11.0 Å². The maximum Gasteiger partial charge on any atom is 0.254 e. The normalized spacial score (nSPS) is 18.9. The number of nitrogens with zero attached hydrogens (tertiary/aromatic N) is 1. The van der Waals surface area contributed by atoms with Crippen molar-refractivity contribution >= 4 is 5.91 Å². The highest BCUT2D eigenvalue weighted by molar-refractivity contribution is 5.94. The summed E-state index contributed by atoms with van der Waals surface area (Å²) in [7, 11) is 0. The van der Waals surface area contributed by atoms with Crippen LogP contribution in [0.15, 0.2) is 24.3 Å². The van der Waals surface area contributed by atoms with Crippen molar-refractivity contribution in [2.45, 2.75) is 38.6 Å². The molecule has 0 radical (unpaired) electrons. The molecule has 1 unspecified atom stereocenters. The second kappa shape index (κ2) is 7.29. The van der Waals surface area contributed by atoms with E-state index in [1.807, 2.05) is 18.2 Å². The molecule has 4 nitrogen and oxygen atoms in total. The molecule has 1 aliphatic rings. The average Bonchev–Trinajstić information content (AvgIpc) is 2.52. The highest BCUT2D eigenvalue weighted by Crippen LogP contribution is 2.21. The lowest BCUT2D eigenvalue weighted by atomic mass is 10.0. The summed E-state index contributed by atoms with van der Waals surface area (Å²) < 4.78 is 5.57. The lowest BCUT2D eigenvalue weighted by Gasteiger charge is -2.34. The highest BCUT2D eigenvalue weighted by Gasteiger charge is 2.26. The zero-order chi connectivity index (χ0) is 14.4. The number of likely N-dealkylation sites (tertiary alicyclic amines) is 1. The van der Waals surface area contributed by atoms with E-state index in [4.69, 9.17) is 4.74 Å². The van der Waals surface area contributed by atoms with E-state index >= 15 is 0 Å². The minimum Gasteiger partial charge on any atom is -0.494 e. The summed E-state index contributed by atoms with van der Waals surface area (Å²) >= 11 is 0. The number of aliphatic hydroxyl groups is 1. The number of carbonyl (C=O) groups excluding carboxylic acids is 1. The third-order valence-corrected chi connectivity index (χ3v) is 3.65. The SMILES string of the molecule is CCCOc1cccc(C(=O)N2CCCCC2CO)c1. The summed E-state index contributed by atoms with van der Waals surface area (Å²) in [4.78, 5) is 14.3. The van der Waals surface area contributed by atoms with Crippen molar-refractivity contribution in [3.05, 3.63) is 29.8 Å². The summed E-state index contributed by atoms with van der Waals surface area (Å²) in [6.07, 6.45) is 3.91. The van der Waals surface area contributed by atoms with Crippen LogP contribution in [0, 0.1) is 0 Å². The third kappa shape index (κ3) is 3.51. The van der Waals surface area contributed by atoms with Crippen LogP contribution in [0.2, 0.25) is 0 Å². The summed E-state index contributed by atoms with van der Waals surface area (Å²) in [5.74, 6) is 0.723. The van der Waals surface area contributed by atoms with Gasteiger partial charge >= 0.3 is 0 Å². The van der Waals surface area contributed by atoms with Gasteiger partial charge in [-0.2, -0.15) is 0 Å². The Bertz CT molecular complexity index is 447. The zero-order valence-corrected chi connectivity index (χ0v) is 12.0. The standard InChI is InChI=1S/C16H23NO3/c1-2-10-20-15-8-5-6-13(11-15)16(19)17-9-4-3-7-14(17)12-18/h5-6,8,11,14,18H,2-4,7,9-10,12H2,1H3. The Kier molecular flexibility index (Phi) is 5.41. The van der Waals surface area contributed by atoms with Crippen LogP contribution >= 0.6 is 0 Å². The van der Waals surface area contributed by atoms with Crippen molar-refractivity contribution in [3.63, 3.8) is 0 Å². The Hall–Kier alpha value is -1.55. The molecule has 1 amide bonds. The quantitative estimate of drug-likeness (QED) is 0.899. The fraction of sp³-hybridized carbons (Fsp3) is 0.562. The van der Waals surface area contributed by atoms with Gasteiger partial charge in [0.1, 0.15) is 5.75 Å². The average molecular weight is 277 g/mol. The van der Waals surface area contributed by atoms with Crippen molar-refractivity contribution in [2.75, 3.05) is 19.8 Å². The number of amides is 1. The van der Waals surface area contributed by atoms with E-state index in [9.17, 15) is 9.90 Å². The maximum atomic E-state index is 12.6. The van der Waals surface area contributed by atoms with E-state index in [1.165, 1.54) is 0 Å². The van der Waals surface area contributed by atoms with E-state index in [2.05, 4.69) is 6.92 Å². The molecule has 2 rings (SSSR count). The number of piperidine rings is 1. The second-order valence-corrected chi connectivity index (χ2v) is 5.21. The number of benzene rings is 1. The van der Waals surface area contributed by atoms with Crippen LogP contribution in [0.4, 0.5) is 0 Å². The van der Waals surface area contributed by atoms with E-state index < -0.39 is 0 Å². The first-order valence-electron chi connectivity index (χ1n) is 7.41. The van der Waals surface area contributed by atoms with Gasteiger partial charge in [0.05, 0.1) is 19.3 Å². The monoisotopic (exact) mass is 277 g/mol. The molecule has 1 aromatic rings. The molecule has 1 aromatic carbocycles. The molecule has 1 N–H and O–H groups in total. The highest BCUT2D eigenvalue weighted by atomic mass is 16.5. The first kappa shape index (κ1) is 14.9. The molecule has 1 atom stereocenters. The Labute approximate surface area is 120 Å². The predicted octanol–water partition coefficient (Wildman–Crippen LogP) is 2.46. The number of hydrogen-bond donors (Lipinski definition) is 1. The Morgan fingerprint density at radius 3 is 3.05 bits per heavy atom. The van der Waals surface area contributed by atoms with E-state index in [-0.39, 0.29) is 18.6 Å². The van der Waals surface area contributed by atoms with Crippen LogP contribution in [0.1, 0.15) is 43.0 Å². The largest absolute Gasteiger partial charge is 0.494 e. The van der Waals surface area contributed by atoms with Crippen molar-refractivity contribution in [1.82, 2.24) is 4.90 Å². The van der Waals surface area contributed by atoms with Gasteiger partial charge in [0.25, 0.3) is 5.91 Å². The Morgan fingerprint density at radius 1 is 1.45 bits per heavy atom. The number of aliphatic hydroxyl groups excluding tert-OH is 1. The molecule has 110 valence electrons. The predicted molar refractivity (Wildman–Crippen MR) is 78.0 cm³/mol. The number of hydrogen-bond acceptors (Lipinski definition) is 3. The Balaban J connectivity index is 2.11. The first-order chi connectivity index (χ1) is 9.76. The van der Waals surface area contributed by atoms with Crippen LogP contribution in [-0.2, 0) is 0 Å². The molecular formula is C16H23NO3. The second-order valence-electron chi connectivity index (χ2n) is 5.21. The van der Waals surface area contributed by atoms with Gasteiger partial charge in [-0.3, -0.25) is 4.79 Å². The fourth-order valence-corrected chi connectivity index (χ4v) is 2.56. The molecule has 1 aliphatic heterocycles. The fourth-order valence-electron chi connectivity index (χ4n) is 2.56. The van der Waals surface area contributed by atoms with Gasteiger partial charge in [-0.25, -0.2) is 0 Å². The van der Waals surface area contributed by atoms with Crippen LogP contribution in [0.5, 0.6) is 5.75 Å². The van der Waals surface area contributed by atoms with Gasteiger partial charge in [0, 0.05) is 12.1 Å². The van der Waals surface area contributed by atoms with E-state index in [0.717, 1.165) is 38.0 Å². The smallest absolute Gasteiger partial charge is 0.254 e. The molecule has 1 saturated heterocycles. The van der Waals surface area contributed by atoms with Crippen LogP contribution in [-0.4, -0.2) is 41.7 Å². The molecular weight excluding hydrogens is 254 g/mol. The lowest BCUT2D eigenvalue weighted by molar-refractivity contribution is 0.0502. The number of carbonyl (C=O) groups is 1. The molecule has 1 fully saturated rings. The molecule has 4 heteroatoms. The zero-order valence-electron chi connectivity index (χ0n) is 12.0. The summed E-state index contributed by atoms with van der Waals surface area (Å²) in [6, 6.07) is 7.27.